The minimum Gasteiger partial charge on any atom is -0.459 e. The van der Waals surface area contributed by atoms with E-state index in [1.54, 1.807) is 12.1 Å². The molecule has 0 radical (unpaired) electrons. The van der Waals surface area contributed by atoms with Crippen LogP contribution >= 0.6 is 11.3 Å². The van der Waals surface area contributed by atoms with E-state index >= 15 is 0 Å². The number of nitrogens with one attached hydrogen (secondary N) is 2. The number of H-pyrrole nitrogens is 1. The summed E-state index contributed by atoms with van der Waals surface area (Å²) in [5.41, 5.74) is 2.46. The van der Waals surface area contributed by atoms with Gasteiger partial charge in [0.15, 0.2) is 10.9 Å². The Bertz CT molecular complexity index is 1140. The molecular weight excluding hydrogens is 376 g/mol. The van der Waals surface area contributed by atoms with Crippen molar-refractivity contribution in [3.8, 4) is 0 Å². The van der Waals surface area contributed by atoms with Gasteiger partial charge in [-0.05, 0) is 24.3 Å². The number of anilines is 1. The van der Waals surface area contributed by atoms with E-state index in [0.29, 0.717) is 30.3 Å². The minimum absolute atomic E-state index is 0.0311. The predicted molar refractivity (Wildman–Crippen MR) is 106 cm³/mol. The Balaban J connectivity index is 1.33. The van der Waals surface area contributed by atoms with Crippen LogP contribution in [-0.4, -0.2) is 33.2 Å². The van der Waals surface area contributed by atoms with Crippen molar-refractivity contribution < 1.29 is 14.0 Å². The van der Waals surface area contributed by atoms with Crippen LogP contribution in [0.4, 0.5) is 5.13 Å². The maximum Gasteiger partial charge on any atom is 0.293 e. The molecule has 140 valence electrons. The number of thiazole rings is 1. The summed E-state index contributed by atoms with van der Waals surface area (Å²) in [5.74, 6) is -0.123. The van der Waals surface area contributed by atoms with Crippen molar-refractivity contribution in [3.63, 3.8) is 0 Å². The second-order valence-corrected chi connectivity index (χ2v) is 7.65. The van der Waals surface area contributed by atoms with Crippen molar-refractivity contribution >= 4 is 39.2 Å². The molecule has 3 aromatic heterocycles. The van der Waals surface area contributed by atoms with E-state index in [4.69, 9.17) is 4.42 Å². The van der Waals surface area contributed by atoms with Crippen LogP contribution in [-0.2, 0) is 13.0 Å². The first kappa shape index (κ1) is 16.8. The molecule has 0 spiro atoms. The number of carbonyl (C=O) groups excluding carboxylic acids is 2. The van der Waals surface area contributed by atoms with E-state index in [1.165, 1.54) is 17.6 Å². The highest BCUT2D eigenvalue weighted by atomic mass is 32.1. The molecule has 0 saturated heterocycles. The van der Waals surface area contributed by atoms with Crippen LogP contribution in [0.2, 0.25) is 0 Å². The Kier molecular flexibility index (Phi) is 3.98. The van der Waals surface area contributed by atoms with Gasteiger partial charge in [0.25, 0.3) is 11.8 Å². The molecule has 0 unspecified atom stereocenters. The van der Waals surface area contributed by atoms with Crippen molar-refractivity contribution in [2.24, 2.45) is 0 Å². The van der Waals surface area contributed by atoms with Crippen molar-refractivity contribution in [2.75, 3.05) is 11.9 Å². The topological polar surface area (TPSA) is 91.2 Å². The van der Waals surface area contributed by atoms with Crippen LogP contribution in [0, 0.1) is 0 Å². The molecule has 7 nitrogen and oxygen atoms in total. The number of para-hydroxylation sites is 1. The van der Waals surface area contributed by atoms with Gasteiger partial charge >= 0.3 is 0 Å². The predicted octanol–water partition coefficient (Wildman–Crippen LogP) is 3.67. The lowest BCUT2D eigenvalue weighted by molar-refractivity contribution is 0.0731. The lowest BCUT2D eigenvalue weighted by Crippen LogP contribution is -2.35. The monoisotopic (exact) mass is 392 g/mol. The van der Waals surface area contributed by atoms with Crippen molar-refractivity contribution in [1.29, 1.82) is 0 Å². The Hall–Kier alpha value is -3.39. The lowest BCUT2D eigenvalue weighted by atomic mass is 10.1. The van der Waals surface area contributed by atoms with E-state index in [1.807, 2.05) is 35.2 Å². The maximum absolute atomic E-state index is 12.9. The van der Waals surface area contributed by atoms with Gasteiger partial charge in [-0.25, -0.2) is 4.98 Å². The molecule has 0 aliphatic carbocycles. The minimum atomic E-state index is -0.331. The molecule has 1 aliphatic heterocycles. The van der Waals surface area contributed by atoms with E-state index in [9.17, 15) is 9.59 Å². The van der Waals surface area contributed by atoms with E-state index in [-0.39, 0.29) is 17.6 Å². The van der Waals surface area contributed by atoms with Gasteiger partial charge in [-0.15, -0.1) is 0 Å². The highest BCUT2D eigenvalue weighted by Crippen LogP contribution is 2.29. The summed E-state index contributed by atoms with van der Waals surface area (Å²) in [4.78, 5) is 35.5. The first-order valence-electron chi connectivity index (χ1n) is 8.88. The fraction of sp³-hybridized carbons (Fsp3) is 0.150. The lowest BCUT2D eigenvalue weighted by Gasteiger charge is -2.25. The van der Waals surface area contributed by atoms with Gasteiger partial charge in [-0.2, -0.15) is 0 Å². The summed E-state index contributed by atoms with van der Waals surface area (Å²) in [6.07, 6.45) is 2.11. The number of rotatable bonds is 3. The molecule has 5 rings (SSSR count). The summed E-state index contributed by atoms with van der Waals surface area (Å²) < 4.78 is 5.10. The Morgan fingerprint density at radius 1 is 1.21 bits per heavy atom. The third-order valence-electron chi connectivity index (χ3n) is 4.74. The number of amides is 2. The molecule has 28 heavy (non-hydrogen) atoms. The van der Waals surface area contributed by atoms with Gasteiger partial charge in [0.2, 0.25) is 0 Å². The second-order valence-electron chi connectivity index (χ2n) is 6.57. The highest BCUT2D eigenvalue weighted by Gasteiger charge is 2.26. The van der Waals surface area contributed by atoms with Crippen LogP contribution in [0.25, 0.3) is 10.9 Å². The zero-order valence-electron chi connectivity index (χ0n) is 14.8. The third-order valence-corrected chi connectivity index (χ3v) is 5.74. The molecule has 4 heterocycles. The smallest absolute Gasteiger partial charge is 0.293 e. The van der Waals surface area contributed by atoms with Crippen LogP contribution in [0.5, 0.6) is 0 Å². The quantitative estimate of drug-likeness (QED) is 0.557. The molecule has 2 N–H and O–H groups in total. The van der Waals surface area contributed by atoms with Crippen LogP contribution < -0.4 is 5.32 Å². The Labute approximate surface area is 164 Å². The number of fused-ring (bicyclic) bond motifs is 2. The molecule has 2 amide bonds. The van der Waals surface area contributed by atoms with Gasteiger partial charge in [-0.1, -0.05) is 29.5 Å². The number of aromatic amines is 1. The number of hydrogen-bond acceptors (Lipinski definition) is 5. The second kappa shape index (κ2) is 6.65. The summed E-state index contributed by atoms with van der Waals surface area (Å²) in [7, 11) is 0. The fourth-order valence-electron chi connectivity index (χ4n) is 3.35. The molecule has 4 aromatic rings. The first-order chi connectivity index (χ1) is 13.7. The molecular formula is C20H16N4O3S. The zero-order valence-corrected chi connectivity index (χ0v) is 15.6. The third kappa shape index (κ3) is 2.97. The number of benzene rings is 1. The SMILES string of the molecule is O=C(Nc1nc2c(s1)CN(C(=O)c1cc3ccccc3[nH]1)CC2)c1ccco1. The molecule has 0 bridgehead atoms. The van der Waals surface area contributed by atoms with Crippen molar-refractivity contribution in [3.05, 3.63) is 70.8 Å². The number of carbonyl (C=O) groups is 2. The van der Waals surface area contributed by atoms with Crippen LogP contribution in [0.1, 0.15) is 31.6 Å². The van der Waals surface area contributed by atoms with Gasteiger partial charge in [0.1, 0.15) is 5.69 Å². The van der Waals surface area contributed by atoms with Crippen LogP contribution in [0.15, 0.2) is 53.1 Å². The van der Waals surface area contributed by atoms with Crippen molar-refractivity contribution in [1.82, 2.24) is 14.9 Å². The normalized spacial score (nSPS) is 13.5. The summed E-state index contributed by atoms with van der Waals surface area (Å²) in [5, 5.41) is 4.30. The Morgan fingerprint density at radius 2 is 2.11 bits per heavy atom. The fourth-order valence-corrected chi connectivity index (χ4v) is 4.37. The number of nitrogens with zero attached hydrogens (tertiary/aromatic N) is 2. The van der Waals surface area contributed by atoms with Gasteiger partial charge in [0, 0.05) is 28.7 Å². The summed E-state index contributed by atoms with van der Waals surface area (Å²) in [6.45, 7) is 1.08. The molecule has 1 aromatic carbocycles. The molecule has 0 fully saturated rings. The van der Waals surface area contributed by atoms with Crippen molar-refractivity contribution in [2.45, 2.75) is 13.0 Å². The zero-order chi connectivity index (χ0) is 19.1. The average Bonchev–Trinajstić information content (AvgIpc) is 3.44. The highest BCUT2D eigenvalue weighted by molar-refractivity contribution is 7.15. The standard InChI is InChI=1S/C20H16N4O3S/c25-18(16-6-3-9-27-16)23-20-22-14-7-8-24(11-17(14)28-20)19(26)15-10-12-4-1-2-5-13(12)21-15/h1-6,9-10,21H,7-8,11H2,(H,22,23,25). The summed E-state index contributed by atoms with van der Waals surface area (Å²) in [6, 6.07) is 13.0. The van der Waals surface area contributed by atoms with Gasteiger partial charge in [0.05, 0.1) is 18.5 Å². The molecule has 0 saturated carbocycles. The number of furan rings is 1. The number of aromatic nitrogens is 2. The summed E-state index contributed by atoms with van der Waals surface area (Å²) >= 11 is 1.39. The van der Waals surface area contributed by atoms with Crippen LogP contribution in [0.3, 0.4) is 0 Å². The van der Waals surface area contributed by atoms with Gasteiger partial charge in [-0.3, -0.25) is 14.9 Å². The largest absolute Gasteiger partial charge is 0.459 e. The molecule has 1 aliphatic rings. The maximum atomic E-state index is 12.9. The molecule has 0 atom stereocenters. The van der Waals surface area contributed by atoms with E-state index in [0.717, 1.165) is 21.5 Å². The first-order valence-corrected chi connectivity index (χ1v) is 9.69. The number of hydrogen-bond donors (Lipinski definition) is 2. The van der Waals surface area contributed by atoms with E-state index < -0.39 is 0 Å². The average molecular weight is 392 g/mol. The Morgan fingerprint density at radius 3 is 2.93 bits per heavy atom. The molecule has 8 heteroatoms. The van der Waals surface area contributed by atoms with Gasteiger partial charge < -0.3 is 14.3 Å². The van der Waals surface area contributed by atoms with E-state index in [2.05, 4.69) is 15.3 Å².